The zero-order valence-electron chi connectivity index (χ0n) is 63.7. The molecule has 3 rings (SSSR count). The Kier molecular flexibility index (Phi) is 58.1. The van der Waals surface area contributed by atoms with Crippen LogP contribution in [0.25, 0.3) is 0 Å². The lowest BCUT2D eigenvalue weighted by molar-refractivity contribution is -0.379. The van der Waals surface area contributed by atoms with Gasteiger partial charge in [0, 0.05) is 6.42 Å². The Labute approximate surface area is 612 Å². The monoisotopic (exact) mass is 1440 g/mol. The minimum Gasteiger partial charge on any atom is -0.394 e. The van der Waals surface area contributed by atoms with E-state index < -0.39 is 124 Å². The summed E-state index contributed by atoms with van der Waals surface area (Å²) in [5.74, 6) is -0.279. The zero-order valence-corrected chi connectivity index (χ0v) is 63.7. The van der Waals surface area contributed by atoms with Crippen molar-refractivity contribution in [2.75, 3.05) is 26.4 Å². The summed E-state index contributed by atoms with van der Waals surface area (Å²) in [6.07, 6.45) is 51.9. The molecule has 0 aromatic rings. The summed E-state index contributed by atoms with van der Waals surface area (Å²) in [5.41, 5.74) is 0. The Morgan fingerprint density at radius 1 is 0.347 bits per heavy atom. The van der Waals surface area contributed by atoms with Crippen LogP contribution >= 0.6 is 0 Å². The molecule has 1 amide bonds. The fraction of sp³-hybridized carbons (Fsp3) is 0.915. The van der Waals surface area contributed by atoms with Crippen molar-refractivity contribution >= 4 is 5.91 Å². The molecule has 17 atom stereocenters. The Hall–Kier alpha value is -1.99. The van der Waals surface area contributed by atoms with Gasteiger partial charge in [0.05, 0.1) is 38.6 Å². The number of unbranched alkanes of at least 4 members (excludes halogenated alkanes) is 47. The van der Waals surface area contributed by atoms with Crippen LogP contribution in [0.3, 0.4) is 0 Å². The zero-order chi connectivity index (χ0) is 73.2. The van der Waals surface area contributed by atoms with Gasteiger partial charge in [-0.1, -0.05) is 320 Å². The fourth-order valence-electron chi connectivity index (χ4n) is 14.2. The SMILES string of the molecule is CCCCCCCCCC/C=C\CCCCCCCCCCCCCCCCCCCCCCCCCCCCCCCC(=O)NC(COC1OC(CO)C(OC2OC(CO)C(OC3OC(CO)C(O)C(O)C3O)C(O)C2O)C(O)C1O)C(O)/C=C/CC/C=C/CCCCCCCCCCC. The summed E-state index contributed by atoms with van der Waals surface area (Å²) in [4.78, 5) is 13.4. The number of hydrogen-bond acceptors (Lipinski definition) is 18. The lowest BCUT2D eigenvalue weighted by Crippen LogP contribution is -2.66. The molecule has 17 unspecified atom stereocenters. The summed E-state index contributed by atoms with van der Waals surface area (Å²) in [6.45, 7) is 1.74. The first kappa shape index (κ1) is 93.2. The number of amides is 1. The van der Waals surface area contributed by atoms with Crippen molar-refractivity contribution in [3.63, 3.8) is 0 Å². The Morgan fingerprint density at radius 2 is 0.634 bits per heavy atom. The molecule has 0 bridgehead atoms. The van der Waals surface area contributed by atoms with Gasteiger partial charge >= 0.3 is 0 Å². The third kappa shape index (κ3) is 43.0. The Bertz CT molecular complexity index is 1960. The lowest BCUT2D eigenvalue weighted by Gasteiger charge is -2.48. The van der Waals surface area contributed by atoms with Crippen molar-refractivity contribution in [1.82, 2.24) is 5.32 Å². The summed E-state index contributed by atoms with van der Waals surface area (Å²) >= 11 is 0. The second kappa shape index (κ2) is 63.0. The first-order valence-corrected chi connectivity index (χ1v) is 41.7. The molecule has 3 aliphatic rings. The third-order valence-corrected chi connectivity index (χ3v) is 20.9. The second-order valence-electron chi connectivity index (χ2n) is 29.9. The van der Waals surface area contributed by atoms with Crippen LogP contribution in [0.4, 0.5) is 0 Å². The van der Waals surface area contributed by atoms with Crippen LogP contribution in [0.1, 0.15) is 348 Å². The maximum atomic E-state index is 13.4. The van der Waals surface area contributed by atoms with Crippen LogP contribution in [0.2, 0.25) is 0 Å². The average Bonchev–Trinajstić information content (AvgIpc) is 0.782. The van der Waals surface area contributed by atoms with Gasteiger partial charge in [0.25, 0.3) is 0 Å². The number of ether oxygens (including phenoxy) is 6. The Morgan fingerprint density at radius 3 is 0.990 bits per heavy atom. The number of carbonyl (C=O) groups is 1. The Balaban J connectivity index is 1.27. The van der Waals surface area contributed by atoms with E-state index in [-0.39, 0.29) is 18.9 Å². The van der Waals surface area contributed by atoms with E-state index in [0.29, 0.717) is 12.8 Å². The van der Waals surface area contributed by atoms with E-state index >= 15 is 0 Å². The molecule has 19 heteroatoms. The van der Waals surface area contributed by atoms with E-state index in [0.717, 1.165) is 38.5 Å². The summed E-state index contributed by atoms with van der Waals surface area (Å²) in [5, 5.41) is 121. The molecule has 19 nitrogen and oxygen atoms in total. The van der Waals surface area contributed by atoms with Gasteiger partial charge < -0.3 is 89.9 Å². The quantitative estimate of drug-likeness (QED) is 0.0199. The van der Waals surface area contributed by atoms with Crippen molar-refractivity contribution < 1.29 is 89.4 Å². The number of aliphatic hydroxyl groups excluding tert-OH is 11. The van der Waals surface area contributed by atoms with Crippen LogP contribution in [0, 0.1) is 0 Å². The van der Waals surface area contributed by atoms with E-state index in [1.807, 2.05) is 6.08 Å². The molecule has 3 fully saturated rings. The molecule has 3 heterocycles. The maximum absolute atomic E-state index is 13.4. The highest BCUT2D eigenvalue weighted by Gasteiger charge is 2.54. The third-order valence-electron chi connectivity index (χ3n) is 20.9. The molecule has 3 aliphatic heterocycles. The van der Waals surface area contributed by atoms with Crippen LogP contribution < -0.4 is 5.32 Å². The van der Waals surface area contributed by atoms with Crippen LogP contribution in [0.5, 0.6) is 0 Å². The number of aliphatic hydroxyl groups is 11. The summed E-state index contributed by atoms with van der Waals surface area (Å²) in [6, 6.07) is -0.988. The normalized spacial score (nSPS) is 26.4. The number of hydrogen-bond donors (Lipinski definition) is 12. The first-order chi connectivity index (χ1) is 49.3. The molecular formula is C82H153NO18. The minimum atomic E-state index is -1.98. The van der Waals surface area contributed by atoms with Crippen molar-refractivity contribution in [3.8, 4) is 0 Å². The van der Waals surface area contributed by atoms with E-state index in [1.54, 1.807) is 6.08 Å². The van der Waals surface area contributed by atoms with E-state index in [2.05, 4.69) is 43.5 Å². The van der Waals surface area contributed by atoms with Crippen molar-refractivity contribution in [2.45, 2.75) is 452 Å². The smallest absolute Gasteiger partial charge is 0.220 e. The number of rotatable bonds is 67. The van der Waals surface area contributed by atoms with Crippen molar-refractivity contribution in [1.29, 1.82) is 0 Å². The van der Waals surface area contributed by atoms with Crippen molar-refractivity contribution in [2.24, 2.45) is 0 Å². The number of carbonyl (C=O) groups excluding carboxylic acids is 1. The summed E-state index contributed by atoms with van der Waals surface area (Å²) < 4.78 is 34.4. The average molecular weight is 1440 g/mol. The topological polar surface area (TPSA) is 307 Å². The molecule has 101 heavy (non-hydrogen) atoms. The van der Waals surface area contributed by atoms with E-state index in [4.69, 9.17) is 28.4 Å². The molecule has 0 aromatic heterocycles. The van der Waals surface area contributed by atoms with Crippen LogP contribution in [0.15, 0.2) is 36.5 Å². The van der Waals surface area contributed by atoms with Gasteiger partial charge in [-0.3, -0.25) is 4.79 Å². The second-order valence-corrected chi connectivity index (χ2v) is 29.9. The van der Waals surface area contributed by atoms with Crippen LogP contribution in [-0.2, 0) is 33.2 Å². The van der Waals surface area contributed by atoms with Gasteiger partial charge in [-0.2, -0.15) is 0 Å². The molecule has 0 aromatic carbocycles. The van der Waals surface area contributed by atoms with Gasteiger partial charge in [-0.25, -0.2) is 0 Å². The molecule has 0 aliphatic carbocycles. The predicted molar refractivity (Wildman–Crippen MR) is 402 cm³/mol. The molecule has 0 radical (unpaired) electrons. The highest BCUT2D eigenvalue weighted by Crippen LogP contribution is 2.33. The predicted octanol–water partition coefficient (Wildman–Crippen LogP) is 14.3. The molecule has 3 saturated heterocycles. The number of nitrogens with one attached hydrogen (secondary N) is 1. The van der Waals surface area contributed by atoms with E-state index in [9.17, 15) is 61.0 Å². The largest absolute Gasteiger partial charge is 0.394 e. The van der Waals surface area contributed by atoms with E-state index in [1.165, 1.54) is 276 Å². The number of allylic oxidation sites excluding steroid dienone is 5. The van der Waals surface area contributed by atoms with Gasteiger partial charge in [-0.15, -0.1) is 0 Å². The highest BCUT2D eigenvalue weighted by atomic mass is 16.8. The minimum absolute atomic E-state index is 0.240. The fourth-order valence-corrected chi connectivity index (χ4v) is 14.2. The molecule has 594 valence electrons. The molecular weight excluding hydrogens is 1290 g/mol. The molecule has 0 spiro atoms. The highest BCUT2D eigenvalue weighted by molar-refractivity contribution is 5.76. The van der Waals surface area contributed by atoms with Gasteiger partial charge in [-0.05, 0) is 57.8 Å². The molecule has 12 N–H and O–H groups in total. The summed E-state index contributed by atoms with van der Waals surface area (Å²) in [7, 11) is 0. The maximum Gasteiger partial charge on any atom is 0.220 e. The van der Waals surface area contributed by atoms with Gasteiger partial charge in [0.2, 0.25) is 5.91 Å². The lowest BCUT2D eigenvalue weighted by atomic mass is 9.96. The molecule has 0 saturated carbocycles. The van der Waals surface area contributed by atoms with Gasteiger partial charge in [0.1, 0.15) is 73.2 Å². The van der Waals surface area contributed by atoms with Gasteiger partial charge in [0.15, 0.2) is 18.9 Å². The first-order valence-electron chi connectivity index (χ1n) is 41.7. The van der Waals surface area contributed by atoms with Crippen LogP contribution in [-0.4, -0.2) is 193 Å². The standard InChI is InChI=1S/C82H153NO18/c1-3-5-7-9-11-13-15-17-19-20-21-22-23-24-25-26-27-28-29-30-31-32-33-34-35-36-37-38-39-40-41-42-43-44-46-48-50-52-54-56-58-60-70(88)83-65(66(87)59-57-55-53-51-49-47-45-18-16-14-12-10-8-6-4-2)64-96-80-76(94)73(91)78(68(62-85)98-80)101-82-77(95)74(92)79(69(63-86)99-82)100-81-75(93)72(90)71(89)67(61-84)97-81/h20-21,49,51,57,59,65-69,71-82,84-87,89-95H,3-19,22-48,50,52-56,58,60-64H2,1-2H3,(H,83,88)/b21-20-,51-49+,59-57+. The van der Waals surface area contributed by atoms with Crippen molar-refractivity contribution in [3.05, 3.63) is 36.5 Å².